The van der Waals surface area contributed by atoms with Crippen molar-refractivity contribution in [1.82, 2.24) is 20.3 Å². The number of hydrogen-bond donors (Lipinski definition) is 1. The molecule has 0 atom stereocenters. The van der Waals surface area contributed by atoms with E-state index in [1.54, 1.807) is 4.68 Å². The van der Waals surface area contributed by atoms with E-state index >= 15 is 0 Å². The van der Waals surface area contributed by atoms with E-state index in [9.17, 15) is 4.79 Å². The van der Waals surface area contributed by atoms with Gasteiger partial charge in [-0.1, -0.05) is 5.21 Å². The molecule has 1 saturated heterocycles. The van der Waals surface area contributed by atoms with E-state index in [0.717, 1.165) is 18.8 Å². The topological polar surface area (TPSA) is 69.0 Å². The Labute approximate surface area is 81.2 Å². The first kappa shape index (κ1) is 9.14. The molecular weight excluding hydrogens is 184 g/mol. The molecule has 1 fully saturated rings. The van der Waals surface area contributed by atoms with Gasteiger partial charge < -0.3 is 10.1 Å². The molecule has 1 aliphatic rings. The number of nitrogens with one attached hydrogen (secondary N) is 1. The standard InChI is InChI=1S/C8H12N4O2/c1-5-7(8(13)14-2)10-11-12(5)6-3-9-4-6/h6,9H,3-4H2,1-2H3. The second-order valence-electron chi connectivity index (χ2n) is 3.27. The third-order valence-electron chi connectivity index (χ3n) is 2.41. The summed E-state index contributed by atoms with van der Waals surface area (Å²) in [5.74, 6) is -0.430. The Balaban J connectivity index is 2.27. The van der Waals surface area contributed by atoms with Crippen molar-refractivity contribution in [1.29, 1.82) is 0 Å². The van der Waals surface area contributed by atoms with Crippen LogP contribution in [-0.4, -0.2) is 41.2 Å². The molecule has 0 amide bonds. The van der Waals surface area contributed by atoms with Crippen LogP contribution in [0.5, 0.6) is 0 Å². The van der Waals surface area contributed by atoms with E-state index in [1.807, 2.05) is 6.92 Å². The highest BCUT2D eigenvalue weighted by atomic mass is 16.5. The van der Waals surface area contributed by atoms with Crippen LogP contribution in [0.2, 0.25) is 0 Å². The van der Waals surface area contributed by atoms with E-state index < -0.39 is 5.97 Å². The maximum absolute atomic E-state index is 11.2. The lowest BCUT2D eigenvalue weighted by molar-refractivity contribution is 0.0593. The summed E-state index contributed by atoms with van der Waals surface area (Å²) in [4.78, 5) is 11.2. The molecule has 0 saturated carbocycles. The third kappa shape index (κ3) is 1.27. The average Bonchev–Trinajstić information content (AvgIpc) is 2.45. The van der Waals surface area contributed by atoms with E-state index in [2.05, 4.69) is 20.4 Å². The zero-order chi connectivity index (χ0) is 10.1. The van der Waals surface area contributed by atoms with Crippen LogP contribution in [0.3, 0.4) is 0 Å². The van der Waals surface area contributed by atoms with Crippen LogP contribution in [0.25, 0.3) is 0 Å². The predicted octanol–water partition coefficient (Wildman–Crippen LogP) is -0.483. The molecule has 2 rings (SSSR count). The Bertz CT molecular complexity index is 356. The van der Waals surface area contributed by atoms with E-state index in [-0.39, 0.29) is 0 Å². The number of hydrogen-bond acceptors (Lipinski definition) is 5. The van der Waals surface area contributed by atoms with Gasteiger partial charge in [0.1, 0.15) is 0 Å². The summed E-state index contributed by atoms with van der Waals surface area (Å²) in [6, 6.07) is 0.320. The maximum atomic E-state index is 11.2. The number of rotatable bonds is 2. The van der Waals surface area contributed by atoms with Crippen LogP contribution in [-0.2, 0) is 4.74 Å². The van der Waals surface area contributed by atoms with Gasteiger partial charge in [-0.05, 0) is 6.92 Å². The lowest BCUT2D eigenvalue weighted by Gasteiger charge is -2.27. The van der Waals surface area contributed by atoms with Crippen molar-refractivity contribution in [3.8, 4) is 0 Å². The van der Waals surface area contributed by atoms with Crippen LogP contribution < -0.4 is 5.32 Å². The van der Waals surface area contributed by atoms with Gasteiger partial charge in [0.2, 0.25) is 0 Å². The summed E-state index contributed by atoms with van der Waals surface area (Å²) in [5, 5.41) is 10.9. The van der Waals surface area contributed by atoms with Crippen LogP contribution in [0, 0.1) is 6.92 Å². The summed E-state index contributed by atoms with van der Waals surface area (Å²) in [6.07, 6.45) is 0. The number of methoxy groups -OCH3 is 1. The summed E-state index contributed by atoms with van der Waals surface area (Å²) in [6.45, 7) is 3.58. The minimum absolute atomic E-state index is 0.305. The second-order valence-corrected chi connectivity index (χ2v) is 3.27. The number of aromatic nitrogens is 3. The molecule has 1 aliphatic heterocycles. The quantitative estimate of drug-likeness (QED) is 0.647. The third-order valence-corrected chi connectivity index (χ3v) is 2.41. The average molecular weight is 196 g/mol. The number of carbonyl (C=O) groups excluding carboxylic acids is 1. The Morgan fingerprint density at radius 1 is 1.64 bits per heavy atom. The van der Waals surface area contributed by atoms with Crippen LogP contribution in [0.15, 0.2) is 0 Å². The molecule has 76 valence electrons. The highest BCUT2D eigenvalue weighted by Crippen LogP contribution is 2.15. The van der Waals surface area contributed by atoms with Gasteiger partial charge in [-0.25, -0.2) is 9.48 Å². The molecule has 14 heavy (non-hydrogen) atoms. The lowest BCUT2D eigenvalue weighted by Crippen LogP contribution is -2.44. The molecule has 6 heteroatoms. The fourth-order valence-electron chi connectivity index (χ4n) is 1.42. The highest BCUT2D eigenvalue weighted by Gasteiger charge is 2.25. The Morgan fingerprint density at radius 3 is 2.86 bits per heavy atom. The Kier molecular flexibility index (Phi) is 2.20. The normalized spacial score (nSPS) is 16.4. The van der Waals surface area contributed by atoms with Crippen LogP contribution in [0.1, 0.15) is 22.2 Å². The van der Waals surface area contributed by atoms with E-state index in [1.165, 1.54) is 7.11 Å². The molecule has 0 radical (unpaired) electrons. The van der Waals surface area contributed by atoms with E-state index in [0.29, 0.717) is 11.7 Å². The molecule has 0 aliphatic carbocycles. The first-order valence-corrected chi connectivity index (χ1v) is 4.45. The zero-order valence-corrected chi connectivity index (χ0v) is 8.15. The largest absolute Gasteiger partial charge is 0.464 e. The zero-order valence-electron chi connectivity index (χ0n) is 8.15. The summed E-state index contributed by atoms with van der Waals surface area (Å²) in [5.41, 5.74) is 1.07. The molecule has 6 nitrogen and oxygen atoms in total. The Hall–Kier alpha value is -1.43. The van der Waals surface area contributed by atoms with Gasteiger partial charge in [0.05, 0.1) is 18.8 Å². The predicted molar refractivity (Wildman–Crippen MR) is 48.0 cm³/mol. The number of esters is 1. The van der Waals surface area contributed by atoms with Crippen molar-refractivity contribution in [2.24, 2.45) is 0 Å². The summed E-state index contributed by atoms with van der Waals surface area (Å²) < 4.78 is 6.36. The second kappa shape index (κ2) is 3.38. The molecule has 0 spiro atoms. The van der Waals surface area contributed by atoms with Crippen molar-refractivity contribution in [3.63, 3.8) is 0 Å². The van der Waals surface area contributed by atoms with Gasteiger partial charge in [-0.2, -0.15) is 0 Å². The van der Waals surface area contributed by atoms with Crippen LogP contribution >= 0.6 is 0 Å². The van der Waals surface area contributed by atoms with Gasteiger partial charge in [0.25, 0.3) is 0 Å². The fraction of sp³-hybridized carbons (Fsp3) is 0.625. The van der Waals surface area contributed by atoms with Gasteiger partial charge in [0, 0.05) is 13.1 Å². The SMILES string of the molecule is COC(=O)c1nnn(C2CNC2)c1C. The first-order chi connectivity index (χ1) is 6.74. The fourth-order valence-corrected chi connectivity index (χ4v) is 1.42. The molecule has 1 aromatic rings. The number of ether oxygens (including phenoxy) is 1. The smallest absolute Gasteiger partial charge is 0.360 e. The molecule has 1 N–H and O–H groups in total. The summed E-state index contributed by atoms with van der Waals surface area (Å²) in [7, 11) is 1.34. The number of carbonyl (C=O) groups is 1. The van der Waals surface area contributed by atoms with Gasteiger partial charge in [0.15, 0.2) is 5.69 Å². The van der Waals surface area contributed by atoms with Gasteiger partial charge in [-0.3, -0.25) is 0 Å². The van der Waals surface area contributed by atoms with Crippen molar-refractivity contribution in [2.75, 3.05) is 20.2 Å². The Morgan fingerprint density at radius 2 is 2.36 bits per heavy atom. The molecule has 2 heterocycles. The minimum Gasteiger partial charge on any atom is -0.464 e. The molecular formula is C8H12N4O2. The van der Waals surface area contributed by atoms with Crippen molar-refractivity contribution >= 4 is 5.97 Å². The summed E-state index contributed by atoms with van der Waals surface area (Å²) >= 11 is 0. The maximum Gasteiger partial charge on any atom is 0.360 e. The van der Waals surface area contributed by atoms with Crippen molar-refractivity contribution in [2.45, 2.75) is 13.0 Å². The minimum atomic E-state index is -0.430. The molecule has 0 aromatic carbocycles. The van der Waals surface area contributed by atoms with Crippen molar-refractivity contribution in [3.05, 3.63) is 11.4 Å². The molecule has 0 bridgehead atoms. The highest BCUT2D eigenvalue weighted by molar-refractivity contribution is 5.88. The molecule has 1 aromatic heterocycles. The van der Waals surface area contributed by atoms with Crippen molar-refractivity contribution < 1.29 is 9.53 Å². The van der Waals surface area contributed by atoms with Crippen LogP contribution in [0.4, 0.5) is 0 Å². The molecule has 0 unspecified atom stereocenters. The number of nitrogens with zero attached hydrogens (tertiary/aromatic N) is 3. The van der Waals surface area contributed by atoms with Gasteiger partial charge >= 0.3 is 5.97 Å². The van der Waals surface area contributed by atoms with Gasteiger partial charge in [-0.15, -0.1) is 5.10 Å². The lowest BCUT2D eigenvalue weighted by atomic mass is 10.2. The first-order valence-electron chi connectivity index (χ1n) is 4.45. The van der Waals surface area contributed by atoms with E-state index in [4.69, 9.17) is 0 Å². The monoisotopic (exact) mass is 196 g/mol.